The minimum absolute atomic E-state index is 0.0145. The second-order valence-electron chi connectivity index (χ2n) is 7.34. The van der Waals surface area contributed by atoms with Crippen molar-refractivity contribution in [2.45, 2.75) is 13.0 Å². The highest BCUT2D eigenvalue weighted by Gasteiger charge is 2.28. The summed E-state index contributed by atoms with van der Waals surface area (Å²) in [5, 5.41) is 20.5. The van der Waals surface area contributed by atoms with Crippen LogP contribution in [0, 0.1) is 11.3 Å². The summed E-state index contributed by atoms with van der Waals surface area (Å²) in [6.45, 7) is 4.23. The molecule has 1 saturated heterocycles. The highest BCUT2D eigenvalue weighted by molar-refractivity contribution is 5.94. The molecule has 1 fully saturated rings. The van der Waals surface area contributed by atoms with Gasteiger partial charge in [0.2, 0.25) is 0 Å². The van der Waals surface area contributed by atoms with Gasteiger partial charge >= 0.3 is 0 Å². The quantitative estimate of drug-likeness (QED) is 0.517. The first kappa shape index (κ1) is 19.7. The maximum Gasteiger partial charge on any atom is 0.253 e. The van der Waals surface area contributed by atoms with Gasteiger partial charge in [-0.3, -0.25) is 9.69 Å². The molecule has 0 spiro atoms. The minimum atomic E-state index is -0.359. The Hall–Kier alpha value is -3.63. The molecule has 3 aromatic rings. The number of piperazine rings is 1. The number of benzene rings is 2. The molecule has 0 unspecified atom stereocenters. The number of carbonyl (C=O) groups is 1. The fraction of sp³-hybridized carbons (Fsp3) is 0.261. The van der Waals surface area contributed by atoms with E-state index in [0.717, 1.165) is 11.0 Å². The van der Waals surface area contributed by atoms with E-state index in [2.05, 4.69) is 20.9 Å². The molecule has 7 heteroatoms. The number of nitrogens with one attached hydrogen (secondary N) is 1. The van der Waals surface area contributed by atoms with Gasteiger partial charge < -0.3 is 15.0 Å². The van der Waals surface area contributed by atoms with Crippen LogP contribution in [0.2, 0.25) is 0 Å². The molecule has 2 N–H and O–H groups in total. The first-order chi connectivity index (χ1) is 14.6. The fourth-order valence-electron chi connectivity index (χ4n) is 3.76. The normalized spacial score (nSPS) is 16.7. The first-order valence-electron chi connectivity index (χ1n) is 9.95. The fourth-order valence-corrected chi connectivity index (χ4v) is 3.76. The first-order valence-corrected chi connectivity index (χ1v) is 9.95. The zero-order valence-corrected chi connectivity index (χ0v) is 16.7. The maximum atomic E-state index is 12.6. The van der Waals surface area contributed by atoms with Gasteiger partial charge in [0, 0.05) is 31.7 Å². The lowest BCUT2D eigenvalue weighted by Gasteiger charge is -2.37. The van der Waals surface area contributed by atoms with Gasteiger partial charge in [0.1, 0.15) is 17.4 Å². The third kappa shape index (κ3) is 3.78. The summed E-state index contributed by atoms with van der Waals surface area (Å²) in [4.78, 5) is 24.1. The van der Waals surface area contributed by atoms with E-state index in [9.17, 15) is 15.2 Å². The molecule has 7 nitrogen and oxygen atoms in total. The van der Waals surface area contributed by atoms with Crippen molar-refractivity contribution in [3.8, 4) is 6.07 Å². The van der Waals surface area contributed by atoms with Crippen molar-refractivity contribution in [3.05, 3.63) is 71.7 Å². The lowest BCUT2D eigenvalue weighted by molar-refractivity contribution is 0.0579. The highest BCUT2D eigenvalue weighted by atomic mass is 16.3. The highest BCUT2D eigenvalue weighted by Crippen LogP contribution is 2.23. The number of aromatic nitrogens is 2. The van der Waals surface area contributed by atoms with Crippen molar-refractivity contribution in [2.24, 2.45) is 0 Å². The van der Waals surface area contributed by atoms with Gasteiger partial charge in [-0.15, -0.1) is 0 Å². The third-order valence-corrected chi connectivity index (χ3v) is 5.56. The number of aromatic amines is 1. The van der Waals surface area contributed by atoms with E-state index in [1.807, 2.05) is 66.4 Å². The summed E-state index contributed by atoms with van der Waals surface area (Å²) < 4.78 is 0. The summed E-state index contributed by atoms with van der Waals surface area (Å²) in [7, 11) is 0. The minimum Gasteiger partial charge on any atom is -0.509 e. The molecule has 2 aromatic carbocycles. The van der Waals surface area contributed by atoms with E-state index < -0.39 is 0 Å². The van der Waals surface area contributed by atoms with Crippen molar-refractivity contribution < 1.29 is 9.90 Å². The Kier molecular flexibility index (Phi) is 5.50. The number of nitriles is 1. The topological polar surface area (TPSA) is 96.2 Å². The Balaban J connectivity index is 1.48. The molecule has 4 rings (SSSR count). The second-order valence-corrected chi connectivity index (χ2v) is 7.34. The Morgan fingerprint density at radius 3 is 2.43 bits per heavy atom. The summed E-state index contributed by atoms with van der Waals surface area (Å²) in [6, 6.07) is 18.5. The van der Waals surface area contributed by atoms with E-state index in [1.54, 1.807) is 0 Å². The Bertz CT molecular complexity index is 1090. The second kappa shape index (κ2) is 8.39. The monoisotopic (exact) mass is 401 g/mol. The van der Waals surface area contributed by atoms with Crippen LogP contribution in [0.1, 0.15) is 23.1 Å². The van der Waals surface area contributed by atoms with Crippen molar-refractivity contribution >= 4 is 22.5 Å². The standard InChI is InChI=1S/C23H23N5O2/c1-16(21(29)18(15-24)22-25-19-9-5-6-10-20(19)26-22)27-11-13-28(14-12-27)23(30)17-7-3-2-4-8-17/h2-10,16,29H,11-14H2,1H3,(H,25,26)/b21-18-/t16-/m1/s1. The van der Waals surface area contributed by atoms with Crippen LogP contribution in [0.5, 0.6) is 0 Å². The molecular weight excluding hydrogens is 378 g/mol. The molecule has 2 heterocycles. The van der Waals surface area contributed by atoms with Crippen molar-refractivity contribution in [2.75, 3.05) is 26.2 Å². The summed E-state index contributed by atoms with van der Waals surface area (Å²) in [5.74, 6) is 0.364. The number of fused-ring (bicyclic) bond motifs is 1. The van der Waals surface area contributed by atoms with Gasteiger partial charge in [-0.2, -0.15) is 5.26 Å². The number of amides is 1. The zero-order chi connectivity index (χ0) is 21.1. The van der Waals surface area contributed by atoms with Gasteiger partial charge in [0.05, 0.1) is 17.1 Å². The average Bonchev–Trinajstić information content (AvgIpc) is 3.23. The van der Waals surface area contributed by atoms with Crippen LogP contribution in [0.4, 0.5) is 0 Å². The van der Waals surface area contributed by atoms with Gasteiger partial charge in [-0.1, -0.05) is 30.3 Å². The van der Waals surface area contributed by atoms with Crippen LogP contribution >= 0.6 is 0 Å². The molecule has 1 aliphatic heterocycles. The molecule has 30 heavy (non-hydrogen) atoms. The van der Waals surface area contributed by atoms with Gasteiger partial charge in [-0.05, 0) is 31.2 Å². The number of rotatable bonds is 4. The smallest absolute Gasteiger partial charge is 0.253 e. The summed E-state index contributed by atoms with van der Waals surface area (Å²) >= 11 is 0. The Morgan fingerprint density at radius 1 is 1.10 bits per heavy atom. The number of carbonyl (C=O) groups excluding carboxylic acids is 1. The number of hydrogen-bond acceptors (Lipinski definition) is 5. The predicted molar refractivity (Wildman–Crippen MR) is 115 cm³/mol. The van der Waals surface area contributed by atoms with E-state index >= 15 is 0 Å². The van der Waals surface area contributed by atoms with Crippen LogP contribution in [0.25, 0.3) is 16.6 Å². The van der Waals surface area contributed by atoms with Crippen LogP contribution in [-0.4, -0.2) is 63.0 Å². The number of imidazole rings is 1. The number of allylic oxidation sites excluding steroid dienone is 1. The van der Waals surface area contributed by atoms with E-state index in [1.165, 1.54) is 0 Å². The lowest BCUT2D eigenvalue weighted by atomic mass is 10.1. The Morgan fingerprint density at radius 2 is 1.77 bits per heavy atom. The zero-order valence-electron chi connectivity index (χ0n) is 16.7. The van der Waals surface area contributed by atoms with Crippen molar-refractivity contribution in [1.29, 1.82) is 5.26 Å². The molecule has 0 bridgehead atoms. The predicted octanol–water partition coefficient (Wildman–Crippen LogP) is 3.20. The van der Waals surface area contributed by atoms with Crippen LogP contribution in [-0.2, 0) is 0 Å². The van der Waals surface area contributed by atoms with Gasteiger partial charge in [0.15, 0.2) is 5.82 Å². The number of aliphatic hydroxyl groups excluding tert-OH is 1. The van der Waals surface area contributed by atoms with E-state index in [0.29, 0.717) is 37.6 Å². The van der Waals surface area contributed by atoms with Gasteiger partial charge in [0.25, 0.3) is 5.91 Å². The molecule has 1 atom stereocenters. The average molecular weight is 401 g/mol. The molecule has 1 aliphatic rings. The number of nitrogens with zero attached hydrogens (tertiary/aromatic N) is 4. The summed E-state index contributed by atoms with van der Waals surface area (Å²) in [5.41, 5.74) is 2.38. The number of aliphatic hydroxyl groups is 1. The molecule has 1 aromatic heterocycles. The maximum absolute atomic E-state index is 12.6. The molecule has 1 amide bonds. The van der Waals surface area contributed by atoms with Crippen molar-refractivity contribution in [1.82, 2.24) is 19.8 Å². The van der Waals surface area contributed by atoms with Gasteiger partial charge in [-0.25, -0.2) is 4.98 Å². The SMILES string of the molecule is C[C@H](/C(O)=C(\C#N)c1nc2ccccc2[nH]1)N1CCN(C(=O)c2ccccc2)CC1. The molecule has 0 saturated carbocycles. The largest absolute Gasteiger partial charge is 0.509 e. The van der Waals surface area contributed by atoms with Crippen molar-refractivity contribution in [3.63, 3.8) is 0 Å². The Labute approximate surface area is 174 Å². The number of H-pyrrole nitrogens is 1. The number of para-hydroxylation sites is 2. The van der Waals surface area contributed by atoms with E-state index in [-0.39, 0.29) is 23.3 Å². The summed E-state index contributed by atoms with van der Waals surface area (Å²) in [6.07, 6.45) is 0. The van der Waals surface area contributed by atoms with Crippen LogP contribution < -0.4 is 0 Å². The molecule has 0 aliphatic carbocycles. The molecule has 152 valence electrons. The van der Waals surface area contributed by atoms with Crippen LogP contribution in [0.3, 0.4) is 0 Å². The van der Waals surface area contributed by atoms with E-state index in [4.69, 9.17) is 0 Å². The molecular formula is C23H23N5O2. The third-order valence-electron chi connectivity index (χ3n) is 5.56. The number of hydrogen-bond donors (Lipinski definition) is 2. The van der Waals surface area contributed by atoms with Crippen LogP contribution in [0.15, 0.2) is 60.4 Å². The lowest BCUT2D eigenvalue weighted by Crippen LogP contribution is -2.51. The molecule has 0 radical (unpaired) electrons.